The summed E-state index contributed by atoms with van der Waals surface area (Å²) in [4.78, 5) is 23.9. The number of carbonyl (C=O) groups is 1. The van der Waals surface area contributed by atoms with Crippen LogP contribution in [0.5, 0.6) is 0 Å². The molecule has 0 atom stereocenters. The summed E-state index contributed by atoms with van der Waals surface area (Å²) in [7, 11) is 1.69. The lowest BCUT2D eigenvalue weighted by Gasteiger charge is -2.12. The van der Waals surface area contributed by atoms with Gasteiger partial charge in [-0.05, 0) is 39.0 Å². The molecule has 0 aromatic carbocycles. The van der Waals surface area contributed by atoms with Crippen molar-refractivity contribution >= 4 is 17.2 Å². The van der Waals surface area contributed by atoms with Gasteiger partial charge in [-0.2, -0.15) is 0 Å². The highest BCUT2D eigenvalue weighted by molar-refractivity contribution is 7.11. The largest absolute Gasteiger partial charge is 0.351 e. The topological polar surface area (TPSA) is 51.1 Å². The number of carbonyl (C=O) groups excluding carboxylic acids is 1. The van der Waals surface area contributed by atoms with E-state index in [2.05, 4.69) is 11.4 Å². The summed E-state index contributed by atoms with van der Waals surface area (Å²) >= 11 is 1.02. The monoisotopic (exact) mass is 280 g/mol. The van der Waals surface area contributed by atoms with Crippen LogP contribution in [0, 0.1) is 6.92 Å². The van der Waals surface area contributed by atoms with Crippen molar-refractivity contribution < 1.29 is 4.79 Å². The van der Waals surface area contributed by atoms with E-state index in [1.54, 1.807) is 14.0 Å². The van der Waals surface area contributed by atoms with E-state index in [9.17, 15) is 9.59 Å². The smallest absolute Gasteiger partial charge is 0.307 e. The molecule has 1 aliphatic carbocycles. The molecule has 0 aliphatic heterocycles. The third-order valence-electron chi connectivity index (χ3n) is 3.62. The van der Waals surface area contributed by atoms with E-state index in [4.69, 9.17) is 0 Å². The second-order valence-electron chi connectivity index (χ2n) is 4.96. The third-order valence-corrected chi connectivity index (χ3v) is 4.75. The third kappa shape index (κ3) is 3.35. The van der Waals surface area contributed by atoms with Crippen molar-refractivity contribution in [2.24, 2.45) is 7.05 Å². The second-order valence-corrected chi connectivity index (χ2v) is 5.92. The summed E-state index contributed by atoms with van der Waals surface area (Å²) in [5, 5.41) is 2.91. The van der Waals surface area contributed by atoms with E-state index in [0.29, 0.717) is 11.4 Å². The van der Waals surface area contributed by atoms with Crippen molar-refractivity contribution in [2.45, 2.75) is 39.0 Å². The number of thiazole rings is 1. The number of aromatic nitrogens is 1. The first kappa shape index (κ1) is 14.1. The summed E-state index contributed by atoms with van der Waals surface area (Å²) in [5.74, 6) is -0.128. The van der Waals surface area contributed by atoms with Crippen LogP contribution < -0.4 is 10.2 Å². The number of nitrogens with one attached hydrogen (secondary N) is 1. The van der Waals surface area contributed by atoms with Crippen LogP contribution in [0.1, 0.15) is 47.5 Å². The Morgan fingerprint density at radius 2 is 2.26 bits per heavy atom. The van der Waals surface area contributed by atoms with Crippen LogP contribution in [0.2, 0.25) is 0 Å². The van der Waals surface area contributed by atoms with Gasteiger partial charge in [0.1, 0.15) is 4.88 Å². The zero-order valence-corrected chi connectivity index (χ0v) is 12.3. The minimum absolute atomic E-state index is 0.0855. The van der Waals surface area contributed by atoms with Gasteiger partial charge in [0.2, 0.25) is 0 Å². The lowest BCUT2D eigenvalue weighted by molar-refractivity contribution is 0.0957. The predicted octanol–water partition coefficient (Wildman–Crippen LogP) is 2.38. The molecule has 1 heterocycles. The number of rotatable bonds is 4. The van der Waals surface area contributed by atoms with Crippen LogP contribution >= 0.6 is 11.3 Å². The standard InChI is InChI=1S/C14H20N2O2S/c1-10-12(19-14(18)16(10)2)13(17)15-9-8-11-6-4-3-5-7-11/h6H,3-5,7-9H2,1-2H3,(H,15,17). The van der Waals surface area contributed by atoms with E-state index in [-0.39, 0.29) is 10.8 Å². The lowest BCUT2D eigenvalue weighted by atomic mass is 9.97. The fraction of sp³-hybridized carbons (Fsp3) is 0.571. The van der Waals surface area contributed by atoms with Crippen molar-refractivity contribution in [3.63, 3.8) is 0 Å². The molecule has 2 rings (SSSR count). The van der Waals surface area contributed by atoms with Crippen molar-refractivity contribution in [1.82, 2.24) is 9.88 Å². The van der Waals surface area contributed by atoms with Gasteiger partial charge < -0.3 is 9.88 Å². The number of hydrogen-bond acceptors (Lipinski definition) is 3. The van der Waals surface area contributed by atoms with Gasteiger partial charge in [-0.15, -0.1) is 0 Å². The molecular formula is C14H20N2O2S. The maximum absolute atomic E-state index is 12.0. The number of hydrogen-bond donors (Lipinski definition) is 1. The van der Waals surface area contributed by atoms with Crippen molar-refractivity contribution in [3.8, 4) is 0 Å². The maximum atomic E-state index is 12.0. The average Bonchev–Trinajstić information content (AvgIpc) is 2.68. The van der Waals surface area contributed by atoms with E-state index in [1.165, 1.54) is 29.4 Å². The Balaban J connectivity index is 1.89. The Morgan fingerprint density at radius 1 is 1.47 bits per heavy atom. The van der Waals surface area contributed by atoms with Crippen LogP contribution in [0.15, 0.2) is 16.4 Å². The molecule has 0 saturated carbocycles. The number of allylic oxidation sites excluding steroid dienone is 1. The van der Waals surface area contributed by atoms with Crippen LogP contribution in [0.25, 0.3) is 0 Å². The van der Waals surface area contributed by atoms with E-state index in [0.717, 1.165) is 29.9 Å². The molecular weight excluding hydrogens is 260 g/mol. The Bertz CT molecular complexity index is 554. The summed E-state index contributed by atoms with van der Waals surface area (Å²) in [6.45, 7) is 2.45. The minimum atomic E-state index is -0.128. The Hall–Kier alpha value is -1.36. The lowest BCUT2D eigenvalue weighted by Crippen LogP contribution is -2.25. The summed E-state index contributed by atoms with van der Waals surface area (Å²) < 4.78 is 1.52. The van der Waals surface area contributed by atoms with Gasteiger partial charge in [0.25, 0.3) is 5.91 Å². The number of amides is 1. The van der Waals surface area contributed by atoms with Crippen molar-refractivity contribution in [2.75, 3.05) is 6.54 Å². The van der Waals surface area contributed by atoms with Crippen LogP contribution in [-0.4, -0.2) is 17.0 Å². The SMILES string of the molecule is Cc1c(C(=O)NCCC2=CCCCC2)sc(=O)n1C. The summed E-state index contributed by atoms with van der Waals surface area (Å²) in [6, 6.07) is 0. The Kier molecular flexibility index (Phi) is 4.58. The first-order valence-corrected chi connectivity index (χ1v) is 7.54. The molecule has 104 valence electrons. The highest BCUT2D eigenvalue weighted by Crippen LogP contribution is 2.19. The zero-order valence-electron chi connectivity index (χ0n) is 11.5. The van der Waals surface area contributed by atoms with Gasteiger partial charge in [0, 0.05) is 19.3 Å². The molecule has 1 aromatic rings. The first-order chi connectivity index (χ1) is 9.09. The molecule has 1 amide bonds. The quantitative estimate of drug-likeness (QED) is 0.861. The summed E-state index contributed by atoms with van der Waals surface area (Å²) in [5.41, 5.74) is 2.19. The Labute approximate surface area is 117 Å². The van der Waals surface area contributed by atoms with Gasteiger partial charge in [-0.25, -0.2) is 0 Å². The second kappa shape index (κ2) is 6.19. The molecule has 0 saturated heterocycles. The maximum Gasteiger partial charge on any atom is 0.307 e. The molecule has 0 fully saturated rings. The molecule has 0 unspecified atom stereocenters. The fourth-order valence-corrected chi connectivity index (χ4v) is 3.18. The van der Waals surface area contributed by atoms with Gasteiger partial charge in [-0.3, -0.25) is 9.59 Å². The minimum Gasteiger partial charge on any atom is -0.351 e. The Morgan fingerprint density at radius 3 is 2.84 bits per heavy atom. The van der Waals surface area contributed by atoms with E-state index < -0.39 is 0 Å². The first-order valence-electron chi connectivity index (χ1n) is 6.72. The average molecular weight is 280 g/mol. The van der Waals surface area contributed by atoms with Gasteiger partial charge in [-0.1, -0.05) is 23.0 Å². The highest BCUT2D eigenvalue weighted by Gasteiger charge is 2.15. The van der Waals surface area contributed by atoms with Crippen molar-refractivity contribution in [1.29, 1.82) is 0 Å². The molecule has 1 aliphatic rings. The molecule has 0 spiro atoms. The van der Waals surface area contributed by atoms with Crippen LogP contribution in [0.3, 0.4) is 0 Å². The summed E-state index contributed by atoms with van der Waals surface area (Å²) in [6.07, 6.45) is 8.09. The number of nitrogens with zero attached hydrogens (tertiary/aromatic N) is 1. The van der Waals surface area contributed by atoms with Crippen molar-refractivity contribution in [3.05, 3.63) is 31.9 Å². The van der Waals surface area contributed by atoms with E-state index >= 15 is 0 Å². The predicted molar refractivity (Wildman–Crippen MR) is 77.8 cm³/mol. The molecule has 1 aromatic heterocycles. The van der Waals surface area contributed by atoms with Crippen LogP contribution in [-0.2, 0) is 7.05 Å². The molecule has 1 N–H and O–H groups in total. The molecule has 0 bridgehead atoms. The van der Waals surface area contributed by atoms with Gasteiger partial charge >= 0.3 is 4.87 Å². The van der Waals surface area contributed by atoms with Gasteiger partial charge in [0.15, 0.2) is 0 Å². The van der Waals surface area contributed by atoms with E-state index in [1.807, 2.05) is 0 Å². The highest BCUT2D eigenvalue weighted by atomic mass is 32.1. The molecule has 4 nitrogen and oxygen atoms in total. The van der Waals surface area contributed by atoms with Gasteiger partial charge in [0.05, 0.1) is 0 Å². The zero-order chi connectivity index (χ0) is 13.8. The van der Waals surface area contributed by atoms with Crippen LogP contribution in [0.4, 0.5) is 0 Å². The normalized spacial score (nSPS) is 15.2. The molecule has 5 heteroatoms. The fourth-order valence-electron chi connectivity index (χ4n) is 2.28. The molecule has 0 radical (unpaired) electrons. The molecule has 19 heavy (non-hydrogen) atoms.